The maximum Gasteiger partial charge on any atom is 0.321 e. The van der Waals surface area contributed by atoms with Crippen LogP contribution in [0.4, 0.5) is 9.93 Å². The number of rotatable bonds is 8. The molecule has 3 fully saturated rings. The molecule has 0 aliphatic heterocycles. The van der Waals surface area contributed by atoms with Crippen molar-refractivity contribution >= 4 is 28.5 Å². The molecule has 0 bridgehead atoms. The predicted octanol–water partition coefficient (Wildman–Crippen LogP) is 2.86. The van der Waals surface area contributed by atoms with Crippen LogP contribution < -0.4 is 10.6 Å². The molecule has 1 aromatic rings. The average Bonchev–Trinajstić information content (AvgIpc) is 3.18. The fourth-order valence-electron chi connectivity index (χ4n) is 3.71. The van der Waals surface area contributed by atoms with Crippen LogP contribution in [0, 0.1) is 5.92 Å². The minimum absolute atomic E-state index is 0.100. The molecule has 142 valence electrons. The lowest BCUT2D eigenvalue weighted by Crippen LogP contribution is -2.55. The van der Waals surface area contributed by atoms with Crippen LogP contribution in [0.5, 0.6) is 0 Å². The van der Waals surface area contributed by atoms with E-state index in [0.717, 1.165) is 25.1 Å². The summed E-state index contributed by atoms with van der Waals surface area (Å²) >= 11 is 1.48. The first kappa shape index (κ1) is 17.7. The van der Waals surface area contributed by atoms with E-state index < -0.39 is 5.97 Å². The zero-order chi connectivity index (χ0) is 18.1. The Labute approximate surface area is 157 Å². The molecule has 0 atom stereocenters. The van der Waals surface area contributed by atoms with Crippen LogP contribution in [-0.4, -0.2) is 52.2 Å². The van der Waals surface area contributed by atoms with Crippen molar-refractivity contribution < 1.29 is 14.7 Å². The summed E-state index contributed by atoms with van der Waals surface area (Å²) in [6.07, 6.45) is 7.73. The van der Waals surface area contributed by atoms with E-state index in [-0.39, 0.29) is 24.7 Å². The van der Waals surface area contributed by atoms with Gasteiger partial charge in [0, 0.05) is 29.9 Å². The SMILES string of the molecule is O=C(O)CN(CC1CC1)C1CC(NC(=O)Nc2nc(C3CCC3)cs2)C1. The highest BCUT2D eigenvalue weighted by Gasteiger charge is 2.37. The number of carboxylic acids is 1. The Morgan fingerprint density at radius 1 is 1.27 bits per heavy atom. The molecule has 3 N–H and O–H groups in total. The summed E-state index contributed by atoms with van der Waals surface area (Å²) in [4.78, 5) is 29.8. The zero-order valence-corrected chi connectivity index (χ0v) is 15.6. The summed E-state index contributed by atoms with van der Waals surface area (Å²) < 4.78 is 0. The van der Waals surface area contributed by atoms with E-state index >= 15 is 0 Å². The van der Waals surface area contributed by atoms with Crippen LogP contribution in [0.2, 0.25) is 0 Å². The van der Waals surface area contributed by atoms with Gasteiger partial charge in [-0.05, 0) is 44.4 Å². The van der Waals surface area contributed by atoms with Crippen LogP contribution in [0.1, 0.15) is 56.6 Å². The molecule has 3 saturated carbocycles. The van der Waals surface area contributed by atoms with Gasteiger partial charge in [-0.15, -0.1) is 11.3 Å². The number of hydrogen-bond donors (Lipinski definition) is 3. The van der Waals surface area contributed by atoms with E-state index in [2.05, 4.69) is 20.5 Å². The fourth-order valence-corrected chi connectivity index (χ4v) is 4.49. The molecule has 1 heterocycles. The molecule has 2 amide bonds. The summed E-state index contributed by atoms with van der Waals surface area (Å²) in [6.45, 7) is 0.974. The van der Waals surface area contributed by atoms with Crippen molar-refractivity contribution in [1.82, 2.24) is 15.2 Å². The predicted molar refractivity (Wildman–Crippen MR) is 99.6 cm³/mol. The van der Waals surface area contributed by atoms with E-state index in [0.29, 0.717) is 17.0 Å². The lowest BCUT2D eigenvalue weighted by molar-refractivity contribution is -0.139. The lowest BCUT2D eigenvalue weighted by atomic mass is 9.83. The number of carbonyl (C=O) groups is 2. The summed E-state index contributed by atoms with van der Waals surface area (Å²) in [7, 11) is 0. The summed E-state index contributed by atoms with van der Waals surface area (Å²) in [6, 6.07) is 0.165. The number of aromatic nitrogens is 1. The van der Waals surface area contributed by atoms with Crippen LogP contribution in [0.3, 0.4) is 0 Å². The number of amides is 2. The standard InChI is InChI=1S/C18H26N4O3S/c23-16(24)9-22(8-11-4-5-11)14-6-13(7-14)19-17(25)21-18-20-15(10-26-18)12-2-1-3-12/h10-14H,1-9H2,(H,23,24)(H2,19,20,21,25). The minimum atomic E-state index is -0.772. The maximum absolute atomic E-state index is 12.2. The Balaban J connectivity index is 1.20. The number of thiazole rings is 1. The summed E-state index contributed by atoms with van der Waals surface area (Å²) in [5, 5.41) is 17.6. The van der Waals surface area contributed by atoms with Crippen molar-refractivity contribution in [3.8, 4) is 0 Å². The molecular formula is C18H26N4O3S. The molecule has 26 heavy (non-hydrogen) atoms. The number of hydrogen-bond acceptors (Lipinski definition) is 5. The Bertz CT molecular complexity index is 665. The van der Waals surface area contributed by atoms with Crippen LogP contribution >= 0.6 is 11.3 Å². The first-order valence-electron chi connectivity index (χ1n) is 9.55. The third-order valence-electron chi connectivity index (χ3n) is 5.76. The van der Waals surface area contributed by atoms with Crippen LogP contribution in [-0.2, 0) is 4.79 Å². The number of nitrogens with one attached hydrogen (secondary N) is 2. The van der Waals surface area contributed by atoms with Gasteiger partial charge in [-0.3, -0.25) is 15.0 Å². The van der Waals surface area contributed by atoms with Gasteiger partial charge >= 0.3 is 12.0 Å². The molecule has 0 spiro atoms. The van der Waals surface area contributed by atoms with E-state index in [1.54, 1.807) is 0 Å². The van der Waals surface area contributed by atoms with Gasteiger partial charge in [-0.2, -0.15) is 0 Å². The molecule has 7 nitrogen and oxygen atoms in total. The molecule has 0 saturated heterocycles. The maximum atomic E-state index is 12.2. The average molecular weight is 378 g/mol. The number of urea groups is 1. The quantitative estimate of drug-likeness (QED) is 0.647. The molecular weight excluding hydrogens is 352 g/mol. The van der Waals surface area contributed by atoms with Crippen molar-refractivity contribution in [2.45, 2.75) is 62.9 Å². The normalized spacial score (nSPS) is 25.4. The molecule has 0 radical (unpaired) electrons. The number of carbonyl (C=O) groups excluding carboxylic acids is 1. The van der Waals surface area contributed by atoms with Gasteiger partial charge < -0.3 is 10.4 Å². The molecule has 8 heteroatoms. The first-order valence-corrected chi connectivity index (χ1v) is 10.4. The Kier molecular flexibility index (Phi) is 5.13. The second-order valence-electron chi connectivity index (χ2n) is 7.89. The number of carboxylic acid groups (broad SMARTS) is 1. The van der Waals surface area contributed by atoms with Crippen molar-refractivity contribution in [1.29, 1.82) is 0 Å². The van der Waals surface area contributed by atoms with Gasteiger partial charge in [-0.25, -0.2) is 9.78 Å². The Hall–Kier alpha value is -1.67. The second kappa shape index (κ2) is 7.52. The van der Waals surface area contributed by atoms with Crippen molar-refractivity contribution in [3.05, 3.63) is 11.1 Å². The smallest absolute Gasteiger partial charge is 0.321 e. The summed E-state index contributed by atoms with van der Waals surface area (Å²) in [5.41, 5.74) is 1.10. The van der Waals surface area contributed by atoms with E-state index in [4.69, 9.17) is 5.11 Å². The monoisotopic (exact) mass is 378 g/mol. The van der Waals surface area contributed by atoms with Gasteiger partial charge in [0.2, 0.25) is 0 Å². The highest BCUT2D eigenvalue weighted by atomic mass is 32.1. The topological polar surface area (TPSA) is 94.6 Å². The van der Waals surface area contributed by atoms with Gasteiger partial charge in [0.05, 0.1) is 12.2 Å². The number of anilines is 1. The van der Waals surface area contributed by atoms with Gasteiger partial charge in [-0.1, -0.05) is 6.42 Å². The van der Waals surface area contributed by atoms with Crippen molar-refractivity contribution in [2.24, 2.45) is 5.92 Å². The van der Waals surface area contributed by atoms with E-state index in [1.807, 2.05) is 5.38 Å². The number of aliphatic carboxylic acids is 1. The Morgan fingerprint density at radius 2 is 2.04 bits per heavy atom. The highest BCUT2D eigenvalue weighted by Crippen LogP contribution is 2.37. The molecule has 3 aliphatic rings. The molecule has 0 unspecified atom stereocenters. The number of nitrogens with zero attached hydrogens (tertiary/aromatic N) is 2. The fraction of sp³-hybridized carbons (Fsp3) is 0.722. The first-order chi connectivity index (χ1) is 12.6. The van der Waals surface area contributed by atoms with Crippen molar-refractivity contribution in [3.63, 3.8) is 0 Å². The highest BCUT2D eigenvalue weighted by molar-refractivity contribution is 7.13. The third-order valence-corrected chi connectivity index (χ3v) is 6.53. The van der Waals surface area contributed by atoms with E-state index in [1.165, 1.54) is 43.4 Å². The Morgan fingerprint density at radius 3 is 2.65 bits per heavy atom. The largest absolute Gasteiger partial charge is 0.480 e. The van der Waals surface area contributed by atoms with Gasteiger partial charge in [0.15, 0.2) is 5.13 Å². The summed E-state index contributed by atoms with van der Waals surface area (Å²) in [5.74, 6) is 0.467. The van der Waals surface area contributed by atoms with E-state index in [9.17, 15) is 9.59 Å². The second-order valence-corrected chi connectivity index (χ2v) is 8.75. The lowest BCUT2D eigenvalue weighted by Gasteiger charge is -2.42. The minimum Gasteiger partial charge on any atom is -0.480 e. The molecule has 3 aliphatic carbocycles. The molecule has 0 aromatic carbocycles. The molecule has 1 aromatic heterocycles. The van der Waals surface area contributed by atoms with Gasteiger partial charge in [0.25, 0.3) is 0 Å². The third kappa shape index (κ3) is 4.35. The molecule has 4 rings (SSSR count). The zero-order valence-electron chi connectivity index (χ0n) is 14.8. The van der Waals surface area contributed by atoms with Crippen LogP contribution in [0.15, 0.2) is 5.38 Å². The van der Waals surface area contributed by atoms with Gasteiger partial charge in [0.1, 0.15) is 0 Å². The van der Waals surface area contributed by atoms with Crippen LogP contribution in [0.25, 0.3) is 0 Å². The van der Waals surface area contributed by atoms with Crippen molar-refractivity contribution in [2.75, 3.05) is 18.4 Å².